The number of amides is 2. The minimum absolute atomic E-state index is 0.0137. The van der Waals surface area contributed by atoms with Crippen LogP contribution in [0.1, 0.15) is 32.9 Å². The summed E-state index contributed by atoms with van der Waals surface area (Å²) in [5, 5.41) is 0.768. The number of hydrogen-bond donors (Lipinski definition) is 1. The molecule has 1 atom stereocenters. The molecule has 2 aromatic rings. The number of ether oxygens (including phenoxy) is 1. The summed E-state index contributed by atoms with van der Waals surface area (Å²) in [6.45, 7) is 7.31. The first-order chi connectivity index (χ1) is 12.7. The number of nitrogens with zero attached hydrogens (tertiary/aromatic N) is 5. The van der Waals surface area contributed by atoms with Gasteiger partial charge in [0.15, 0.2) is 0 Å². The summed E-state index contributed by atoms with van der Waals surface area (Å²) in [5.74, 6) is 0.436. The first-order valence-electron chi connectivity index (χ1n) is 9.09. The number of nitrogen functional groups attached to an aromatic ring is 1. The summed E-state index contributed by atoms with van der Waals surface area (Å²) >= 11 is 0. The van der Waals surface area contributed by atoms with Crippen molar-refractivity contribution in [2.24, 2.45) is 0 Å². The molecule has 9 heteroatoms. The first kappa shape index (κ1) is 17.6. The van der Waals surface area contributed by atoms with Crippen molar-refractivity contribution in [1.29, 1.82) is 0 Å². The van der Waals surface area contributed by atoms with E-state index in [0.29, 0.717) is 31.1 Å². The molecule has 2 aromatic heterocycles. The van der Waals surface area contributed by atoms with E-state index < -0.39 is 5.60 Å². The Hall–Kier alpha value is -2.84. The molecule has 4 rings (SSSR count). The summed E-state index contributed by atoms with van der Waals surface area (Å²) in [5.41, 5.74) is 7.08. The number of likely N-dealkylation sites (tertiary alicyclic amines) is 1. The Morgan fingerprint density at radius 2 is 2.07 bits per heavy atom. The highest BCUT2D eigenvalue weighted by atomic mass is 16.6. The van der Waals surface area contributed by atoms with Crippen LogP contribution in [-0.2, 0) is 22.6 Å². The molecule has 1 unspecified atom stereocenters. The molecule has 1 fully saturated rings. The quantitative estimate of drug-likeness (QED) is 0.810. The second-order valence-corrected chi connectivity index (χ2v) is 8.11. The molecule has 0 radical (unpaired) electrons. The highest BCUT2D eigenvalue weighted by Gasteiger charge is 2.37. The highest BCUT2D eigenvalue weighted by molar-refractivity contribution is 5.89. The summed E-state index contributed by atoms with van der Waals surface area (Å²) in [6, 6.07) is 1.94. The molecule has 0 saturated carbocycles. The van der Waals surface area contributed by atoms with Crippen molar-refractivity contribution >= 4 is 28.9 Å². The van der Waals surface area contributed by atoms with Gasteiger partial charge in [0, 0.05) is 18.8 Å². The van der Waals surface area contributed by atoms with E-state index in [0.717, 1.165) is 17.5 Å². The lowest BCUT2D eigenvalue weighted by Crippen LogP contribution is -2.47. The molecule has 0 aliphatic carbocycles. The number of nitrogens with two attached hydrogens (primary N) is 1. The van der Waals surface area contributed by atoms with Crippen LogP contribution in [0.2, 0.25) is 0 Å². The average molecular weight is 372 g/mol. The summed E-state index contributed by atoms with van der Waals surface area (Å²) in [6.07, 6.45) is 1.83. The van der Waals surface area contributed by atoms with E-state index >= 15 is 0 Å². The van der Waals surface area contributed by atoms with Crippen molar-refractivity contribution in [3.63, 3.8) is 0 Å². The van der Waals surface area contributed by atoms with Gasteiger partial charge in [0.05, 0.1) is 18.0 Å². The van der Waals surface area contributed by atoms with E-state index in [1.807, 2.05) is 36.3 Å². The number of aromatic nitrogens is 3. The molecule has 2 N–H and O–H groups in total. The first-order valence-corrected chi connectivity index (χ1v) is 9.09. The third-order valence-electron chi connectivity index (χ3n) is 5.01. The Balaban J connectivity index is 1.52. The van der Waals surface area contributed by atoms with Gasteiger partial charge in [-0.1, -0.05) is 0 Å². The molecule has 2 aliphatic heterocycles. The largest absolute Gasteiger partial charge is 0.444 e. The molecule has 2 aliphatic rings. The molecule has 144 valence electrons. The topological polar surface area (TPSA) is 107 Å². The molecule has 4 heterocycles. The van der Waals surface area contributed by atoms with Gasteiger partial charge in [0.2, 0.25) is 5.91 Å². The highest BCUT2D eigenvalue weighted by Crippen LogP contribution is 2.28. The lowest BCUT2D eigenvalue weighted by atomic mass is 10.1. The minimum atomic E-state index is -0.530. The van der Waals surface area contributed by atoms with Gasteiger partial charge >= 0.3 is 6.09 Å². The fraction of sp³-hybridized carbons (Fsp3) is 0.556. The number of carbonyl (C=O) groups is 2. The SMILES string of the molecule is CC(C)(C)OC(=O)N1CCC(N2Cc3cc4c(N)ncnc4n3CC2=O)C1. The van der Waals surface area contributed by atoms with Gasteiger partial charge < -0.3 is 24.8 Å². The molecular weight excluding hydrogens is 348 g/mol. The van der Waals surface area contributed by atoms with E-state index in [2.05, 4.69) is 9.97 Å². The maximum Gasteiger partial charge on any atom is 0.410 e. The molecular formula is C18H24N6O3. The number of hydrogen-bond acceptors (Lipinski definition) is 6. The van der Waals surface area contributed by atoms with Crippen molar-refractivity contribution in [3.8, 4) is 0 Å². The predicted molar refractivity (Wildman–Crippen MR) is 98.7 cm³/mol. The van der Waals surface area contributed by atoms with Crippen LogP contribution in [0.4, 0.5) is 10.6 Å². The molecule has 0 bridgehead atoms. The van der Waals surface area contributed by atoms with Crippen molar-refractivity contribution in [2.75, 3.05) is 18.8 Å². The molecule has 2 amide bonds. The number of rotatable bonds is 1. The lowest BCUT2D eigenvalue weighted by molar-refractivity contribution is -0.136. The summed E-state index contributed by atoms with van der Waals surface area (Å²) in [4.78, 5) is 36.9. The fourth-order valence-corrected chi connectivity index (χ4v) is 3.75. The molecule has 0 aromatic carbocycles. The second kappa shape index (κ2) is 6.11. The van der Waals surface area contributed by atoms with Gasteiger partial charge in [-0.3, -0.25) is 4.79 Å². The van der Waals surface area contributed by atoms with Crippen LogP contribution in [0.3, 0.4) is 0 Å². The van der Waals surface area contributed by atoms with Crippen molar-refractivity contribution in [1.82, 2.24) is 24.3 Å². The van der Waals surface area contributed by atoms with E-state index in [1.54, 1.807) is 4.90 Å². The van der Waals surface area contributed by atoms with Crippen LogP contribution in [0.15, 0.2) is 12.4 Å². The van der Waals surface area contributed by atoms with E-state index in [4.69, 9.17) is 10.5 Å². The standard InChI is InChI=1S/C18H24N6O3/c1-18(2,3)27-17(26)22-5-4-11(7-22)23-8-12-6-13-15(19)20-10-21-16(13)24(12)9-14(23)25/h6,10-11H,4-5,7-9H2,1-3H3,(H2,19,20,21). The van der Waals surface area contributed by atoms with Gasteiger partial charge in [-0.2, -0.15) is 0 Å². The molecule has 27 heavy (non-hydrogen) atoms. The maximum absolute atomic E-state index is 12.8. The zero-order valence-corrected chi connectivity index (χ0v) is 15.8. The lowest BCUT2D eigenvalue weighted by Gasteiger charge is -2.33. The van der Waals surface area contributed by atoms with Crippen LogP contribution in [-0.4, -0.2) is 61.1 Å². The van der Waals surface area contributed by atoms with E-state index in [1.165, 1.54) is 6.33 Å². The van der Waals surface area contributed by atoms with Crippen LogP contribution < -0.4 is 5.73 Å². The van der Waals surface area contributed by atoms with Crippen molar-refractivity contribution in [3.05, 3.63) is 18.1 Å². The average Bonchev–Trinajstić information content (AvgIpc) is 3.18. The van der Waals surface area contributed by atoms with Gasteiger partial charge in [0.1, 0.15) is 29.9 Å². The Morgan fingerprint density at radius 1 is 1.30 bits per heavy atom. The van der Waals surface area contributed by atoms with Crippen LogP contribution in [0.25, 0.3) is 11.0 Å². The number of carbonyl (C=O) groups excluding carboxylic acids is 2. The smallest absolute Gasteiger partial charge is 0.410 e. The summed E-state index contributed by atoms with van der Waals surface area (Å²) in [7, 11) is 0. The molecule has 0 spiro atoms. The zero-order valence-electron chi connectivity index (χ0n) is 15.8. The van der Waals surface area contributed by atoms with E-state index in [9.17, 15) is 9.59 Å². The van der Waals surface area contributed by atoms with Gasteiger partial charge in [-0.15, -0.1) is 0 Å². The van der Waals surface area contributed by atoms with Gasteiger partial charge in [-0.25, -0.2) is 14.8 Å². The monoisotopic (exact) mass is 372 g/mol. The van der Waals surface area contributed by atoms with Crippen molar-refractivity contribution in [2.45, 2.75) is 51.9 Å². The normalized spacial score (nSPS) is 20.3. The molecule has 1 saturated heterocycles. The summed E-state index contributed by atoms with van der Waals surface area (Å²) < 4.78 is 7.34. The predicted octanol–water partition coefficient (Wildman–Crippen LogP) is 1.37. The maximum atomic E-state index is 12.8. The molecule has 9 nitrogen and oxygen atoms in total. The number of anilines is 1. The Bertz CT molecular complexity index is 916. The van der Waals surface area contributed by atoms with Crippen LogP contribution >= 0.6 is 0 Å². The number of fused-ring (bicyclic) bond motifs is 3. The third-order valence-corrected chi connectivity index (χ3v) is 5.01. The Kier molecular flexibility index (Phi) is 3.97. The third kappa shape index (κ3) is 3.17. The Labute approximate surface area is 157 Å². The fourth-order valence-electron chi connectivity index (χ4n) is 3.75. The minimum Gasteiger partial charge on any atom is -0.444 e. The second-order valence-electron chi connectivity index (χ2n) is 8.11. The Morgan fingerprint density at radius 3 is 2.81 bits per heavy atom. The van der Waals surface area contributed by atoms with Crippen LogP contribution in [0, 0.1) is 0 Å². The van der Waals surface area contributed by atoms with Gasteiger partial charge in [0.25, 0.3) is 0 Å². The van der Waals surface area contributed by atoms with Crippen LogP contribution in [0.5, 0.6) is 0 Å². The van der Waals surface area contributed by atoms with Gasteiger partial charge in [-0.05, 0) is 33.3 Å². The van der Waals surface area contributed by atoms with E-state index in [-0.39, 0.29) is 24.6 Å². The zero-order chi connectivity index (χ0) is 19.3. The van der Waals surface area contributed by atoms with Crippen molar-refractivity contribution < 1.29 is 14.3 Å².